The lowest BCUT2D eigenvalue weighted by atomic mass is 9.49. The molecular weight excluding hydrogens is 392 g/mol. The Bertz CT molecular complexity index is 799. The first-order valence-corrected chi connectivity index (χ1v) is 11.7. The molecule has 1 aromatic carbocycles. The zero-order valence-electron chi connectivity index (χ0n) is 18.5. The third kappa shape index (κ3) is 5.28. The van der Waals surface area contributed by atoms with Gasteiger partial charge in [-0.05, 0) is 80.8 Å². The molecule has 0 unspecified atom stereocenters. The third-order valence-corrected chi connectivity index (χ3v) is 7.46. The van der Waals surface area contributed by atoms with E-state index in [9.17, 15) is 14.4 Å². The zero-order valence-corrected chi connectivity index (χ0v) is 18.5. The number of amides is 2. The number of carbonyl (C=O) groups is 3. The van der Waals surface area contributed by atoms with E-state index in [1.165, 1.54) is 19.3 Å². The summed E-state index contributed by atoms with van der Waals surface area (Å²) in [5.41, 5.74) is 2.00. The van der Waals surface area contributed by atoms with Crippen molar-refractivity contribution in [1.29, 1.82) is 0 Å². The van der Waals surface area contributed by atoms with Crippen molar-refractivity contribution in [1.82, 2.24) is 10.6 Å². The van der Waals surface area contributed by atoms with Crippen molar-refractivity contribution in [3.63, 3.8) is 0 Å². The average molecular weight is 427 g/mol. The molecule has 1 aromatic rings. The van der Waals surface area contributed by atoms with Crippen molar-refractivity contribution >= 4 is 17.8 Å². The first-order chi connectivity index (χ1) is 14.9. The average Bonchev–Trinajstić information content (AvgIpc) is 2.73. The highest BCUT2D eigenvalue weighted by atomic mass is 16.5. The molecule has 6 nitrogen and oxygen atoms in total. The minimum Gasteiger partial charge on any atom is -0.456 e. The van der Waals surface area contributed by atoms with Crippen molar-refractivity contribution in [3.05, 3.63) is 35.4 Å². The van der Waals surface area contributed by atoms with E-state index in [-0.39, 0.29) is 30.3 Å². The molecule has 0 atom stereocenters. The van der Waals surface area contributed by atoms with Crippen LogP contribution < -0.4 is 10.6 Å². The number of hydrogen-bond acceptors (Lipinski definition) is 4. The minimum absolute atomic E-state index is 0.148. The van der Waals surface area contributed by atoms with Crippen LogP contribution in [0.15, 0.2) is 24.3 Å². The van der Waals surface area contributed by atoms with Crippen molar-refractivity contribution in [2.24, 2.45) is 23.2 Å². The molecule has 5 rings (SSSR count). The number of ether oxygens (including phenoxy) is 1. The predicted molar refractivity (Wildman–Crippen MR) is 117 cm³/mol. The lowest BCUT2D eigenvalue weighted by Gasteiger charge is -2.55. The SMILES string of the molecule is Cc1ccccc1CNC(=O)COC(=O)CCCNC(=O)C12CC3CC(CC(C3)C1)C2. The van der Waals surface area contributed by atoms with Gasteiger partial charge >= 0.3 is 5.97 Å². The Morgan fingerprint density at radius 1 is 1.00 bits per heavy atom. The number of hydrogen-bond donors (Lipinski definition) is 2. The van der Waals surface area contributed by atoms with Crippen LogP contribution in [0.25, 0.3) is 0 Å². The Labute approximate surface area is 184 Å². The van der Waals surface area contributed by atoms with Crippen molar-refractivity contribution in [2.75, 3.05) is 13.2 Å². The Kier molecular flexibility index (Phi) is 6.63. The second-order valence-electron chi connectivity index (χ2n) is 9.92. The van der Waals surface area contributed by atoms with E-state index in [1.54, 1.807) is 0 Å². The fraction of sp³-hybridized carbons (Fsp3) is 0.640. The van der Waals surface area contributed by atoms with Gasteiger partial charge in [-0.2, -0.15) is 0 Å². The van der Waals surface area contributed by atoms with Crippen molar-refractivity contribution in [2.45, 2.75) is 64.8 Å². The molecular formula is C25H34N2O4. The molecule has 0 saturated heterocycles. The third-order valence-electron chi connectivity index (χ3n) is 7.46. The van der Waals surface area contributed by atoms with Crippen LogP contribution in [-0.2, 0) is 25.7 Å². The van der Waals surface area contributed by atoms with E-state index in [4.69, 9.17) is 4.74 Å². The molecule has 0 heterocycles. The van der Waals surface area contributed by atoms with Gasteiger partial charge in [0, 0.05) is 24.9 Å². The molecule has 2 N–H and O–H groups in total. The van der Waals surface area contributed by atoms with E-state index in [1.807, 2.05) is 31.2 Å². The standard InChI is InChI=1S/C25H34N2O4/c1-17-5-2-3-6-21(17)15-27-22(28)16-31-23(29)7-4-8-26-24(30)25-12-18-9-19(13-25)11-20(10-18)14-25/h2-3,5-6,18-20H,4,7-16H2,1H3,(H,26,30)(H,27,28). The van der Waals surface area contributed by atoms with Gasteiger partial charge in [0.05, 0.1) is 0 Å². The maximum Gasteiger partial charge on any atom is 0.306 e. The Balaban J connectivity index is 1.10. The molecule has 31 heavy (non-hydrogen) atoms. The van der Waals surface area contributed by atoms with Gasteiger partial charge in [0.2, 0.25) is 5.91 Å². The number of esters is 1. The summed E-state index contributed by atoms with van der Waals surface area (Å²) in [6.07, 6.45) is 7.82. The smallest absolute Gasteiger partial charge is 0.306 e. The van der Waals surface area contributed by atoms with Crippen LogP contribution >= 0.6 is 0 Å². The molecule has 4 aliphatic carbocycles. The van der Waals surface area contributed by atoms with Gasteiger partial charge in [-0.3, -0.25) is 14.4 Å². The zero-order chi connectivity index (χ0) is 21.8. The highest BCUT2D eigenvalue weighted by molar-refractivity contribution is 5.83. The highest BCUT2D eigenvalue weighted by Crippen LogP contribution is 2.60. The molecule has 2 amide bonds. The maximum atomic E-state index is 12.9. The van der Waals surface area contributed by atoms with Gasteiger partial charge in [0.15, 0.2) is 6.61 Å². The summed E-state index contributed by atoms with van der Waals surface area (Å²) in [4.78, 5) is 36.7. The van der Waals surface area contributed by atoms with Crippen molar-refractivity contribution < 1.29 is 19.1 Å². The van der Waals surface area contributed by atoms with E-state index < -0.39 is 5.97 Å². The molecule has 4 bridgehead atoms. The second-order valence-corrected chi connectivity index (χ2v) is 9.92. The van der Waals surface area contributed by atoms with Gasteiger partial charge < -0.3 is 15.4 Å². The molecule has 0 aliphatic heterocycles. The van der Waals surface area contributed by atoms with Gasteiger partial charge in [-0.25, -0.2) is 0 Å². The number of carbonyl (C=O) groups excluding carboxylic acids is 3. The fourth-order valence-corrected chi connectivity index (χ4v) is 6.28. The quantitative estimate of drug-likeness (QED) is 0.469. The lowest BCUT2D eigenvalue weighted by Crippen LogP contribution is -2.53. The number of rotatable bonds is 9. The molecule has 0 radical (unpaired) electrons. The second kappa shape index (κ2) is 9.41. The van der Waals surface area contributed by atoms with E-state index >= 15 is 0 Å². The summed E-state index contributed by atoms with van der Waals surface area (Å²) in [7, 11) is 0. The van der Waals surface area contributed by atoms with Crippen LogP contribution in [0.4, 0.5) is 0 Å². The normalized spacial score (nSPS) is 28.2. The van der Waals surface area contributed by atoms with Crippen LogP contribution in [0.3, 0.4) is 0 Å². The molecule has 4 aliphatic rings. The Hall–Kier alpha value is -2.37. The van der Waals surface area contributed by atoms with Crippen molar-refractivity contribution in [3.8, 4) is 0 Å². The van der Waals surface area contributed by atoms with Gasteiger partial charge in [-0.1, -0.05) is 24.3 Å². The monoisotopic (exact) mass is 426 g/mol. The molecule has 6 heteroatoms. The largest absolute Gasteiger partial charge is 0.456 e. The van der Waals surface area contributed by atoms with Crippen LogP contribution in [-0.4, -0.2) is 30.9 Å². The molecule has 0 spiro atoms. The Morgan fingerprint density at radius 2 is 1.65 bits per heavy atom. The van der Waals surface area contributed by atoms with Gasteiger partial charge in [0.1, 0.15) is 0 Å². The van der Waals surface area contributed by atoms with E-state index in [0.29, 0.717) is 19.5 Å². The number of benzene rings is 1. The van der Waals surface area contributed by atoms with Crippen LogP contribution in [0.1, 0.15) is 62.5 Å². The summed E-state index contributed by atoms with van der Waals surface area (Å²) in [6, 6.07) is 7.83. The maximum absolute atomic E-state index is 12.9. The molecule has 4 saturated carbocycles. The molecule has 0 aromatic heterocycles. The first kappa shape index (κ1) is 21.8. The van der Waals surface area contributed by atoms with E-state index in [2.05, 4.69) is 10.6 Å². The topological polar surface area (TPSA) is 84.5 Å². The highest BCUT2D eigenvalue weighted by Gasteiger charge is 2.54. The summed E-state index contributed by atoms with van der Waals surface area (Å²) in [5.74, 6) is 1.69. The lowest BCUT2D eigenvalue weighted by molar-refractivity contribution is -0.149. The number of aryl methyl sites for hydroxylation is 1. The minimum atomic E-state index is -0.407. The van der Waals surface area contributed by atoms with Crippen LogP contribution in [0.2, 0.25) is 0 Å². The van der Waals surface area contributed by atoms with Gasteiger partial charge in [0.25, 0.3) is 5.91 Å². The fourth-order valence-electron chi connectivity index (χ4n) is 6.28. The Morgan fingerprint density at radius 3 is 2.29 bits per heavy atom. The van der Waals surface area contributed by atoms with Crippen LogP contribution in [0.5, 0.6) is 0 Å². The predicted octanol–water partition coefficient (Wildman–Crippen LogP) is 3.27. The first-order valence-electron chi connectivity index (χ1n) is 11.7. The number of nitrogens with one attached hydrogen (secondary N) is 2. The summed E-state index contributed by atoms with van der Waals surface area (Å²) >= 11 is 0. The summed E-state index contributed by atoms with van der Waals surface area (Å²) in [5, 5.41) is 5.84. The van der Waals surface area contributed by atoms with Gasteiger partial charge in [-0.15, -0.1) is 0 Å². The van der Waals surface area contributed by atoms with Crippen LogP contribution in [0, 0.1) is 30.1 Å². The van der Waals surface area contributed by atoms with E-state index in [0.717, 1.165) is 48.1 Å². The summed E-state index contributed by atoms with van der Waals surface area (Å²) in [6.45, 7) is 2.61. The summed E-state index contributed by atoms with van der Waals surface area (Å²) < 4.78 is 5.07. The molecule has 168 valence electrons. The molecule has 4 fully saturated rings.